The topological polar surface area (TPSA) is 39.4 Å². The van der Waals surface area contributed by atoms with Crippen LogP contribution in [0, 0.1) is 0 Å². The second kappa shape index (κ2) is 5.17. The smallest absolute Gasteiger partial charge is 0.235 e. The number of hydrogen-bond donors (Lipinski definition) is 0. The highest BCUT2D eigenvalue weighted by Gasteiger charge is 2.17. The summed E-state index contributed by atoms with van der Waals surface area (Å²) in [7, 11) is 0. The van der Waals surface area contributed by atoms with E-state index in [9.17, 15) is 9.18 Å². The molecular weight excluding hydrogens is 259 g/mol. The van der Waals surface area contributed by atoms with E-state index in [0.717, 1.165) is 0 Å². The molecule has 0 aliphatic heterocycles. The Kier molecular flexibility index (Phi) is 3.21. The van der Waals surface area contributed by atoms with E-state index in [1.165, 1.54) is 0 Å². The first-order chi connectivity index (χ1) is 9.81. The number of benzene rings is 2. The SMILES string of the molecule is O=c1c(OCF)c(-c2ccccc2)oc2ccccc12. The minimum absolute atomic E-state index is 0.0996. The van der Waals surface area contributed by atoms with Gasteiger partial charge in [0, 0.05) is 5.56 Å². The van der Waals surface area contributed by atoms with Crippen molar-refractivity contribution in [3.8, 4) is 17.1 Å². The number of para-hydroxylation sites is 1. The minimum atomic E-state index is -1.08. The Hall–Kier alpha value is -2.62. The molecule has 0 bridgehead atoms. The first-order valence-electron chi connectivity index (χ1n) is 6.11. The third kappa shape index (κ3) is 2.05. The lowest BCUT2D eigenvalue weighted by Crippen LogP contribution is -2.09. The summed E-state index contributed by atoms with van der Waals surface area (Å²) < 4.78 is 23.1. The normalized spacial score (nSPS) is 10.7. The van der Waals surface area contributed by atoms with Crippen LogP contribution in [0.15, 0.2) is 63.8 Å². The van der Waals surface area contributed by atoms with Gasteiger partial charge in [0.15, 0.2) is 5.76 Å². The molecule has 0 amide bonds. The molecule has 4 heteroatoms. The number of hydrogen-bond acceptors (Lipinski definition) is 3. The molecule has 0 N–H and O–H groups in total. The molecule has 0 aliphatic carbocycles. The molecule has 3 nitrogen and oxygen atoms in total. The third-order valence-corrected chi connectivity index (χ3v) is 2.99. The third-order valence-electron chi connectivity index (χ3n) is 2.99. The van der Waals surface area contributed by atoms with Crippen LogP contribution in [0.4, 0.5) is 4.39 Å². The van der Waals surface area contributed by atoms with Crippen LogP contribution in [-0.4, -0.2) is 6.86 Å². The lowest BCUT2D eigenvalue weighted by atomic mass is 10.1. The second-order valence-corrected chi connectivity index (χ2v) is 4.21. The molecule has 3 rings (SSSR count). The first-order valence-corrected chi connectivity index (χ1v) is 6.11. The standard InChI is InChI=1S/C16H11FO3/c17-10-19-16-14(18)12-8-4-5-9-13(12)20-15(16)11-6-2-1-3-7-11/h1-9H,10H2. The van der Waals surface area contributed by atoms with E-state index < -0.39 is 6.86 Å². The molecule has 0 unspecified atom stereocenters. The van der Waals surface area contributed by atoms with Gasteiger partial charge in [-0.1, -0.05) is 42.5 Å². The number of fused-ring (bicyclic) bond motifs is 1. The predicted molar refractivity (Wildman–Crippen MR) is 74.5 cm³/mol. The summed E-state index contributed by atoms with van der Waals surface area (Å²) in [6.07, 6.45) is 0. The van der Waals surface area contributed by atoms with Crippen molar-refractivity contribution in [2.75, 3.05) is 6.86 Å². The number of rotatable bonds is 3. The van der Waals surface area contributed by atoms with Crippen LogP contribution in [0.3, 0.4) is 0 Å². The van der Waals surface area contributed by atoms with E-state index in [-0.39, 0.29) is 16.9 Å². The van der Waals surface area contributed by atoms with Crippen molar-refractivity contribution >= 4 is 11.0 Å². The van der Waals surface area contributed by atoms with E-state index >= 15 is 0 Å². The highest BCUT2D eigenvalue weighted by atomic mass is 19.1. The fraction of sp³-hybridized carbons (Fsp3) is 0.0625. The summed E-state index contributed by atoms with van der Waals surface area (Å²) in [5.41, 5.74) is 0.740. The predicted octanol–water partition coefficient (Wildman–Crippen LogP) is 3.77. The highest BCUT2D eigenvalue weighted by Crippen LogP contribution is 2.30. The Labute approximate surface area is 114 Å². The summed E-state index contributed by atoms with van der Waals surface area (Å²) in [4.78, 5) is 12.4. The summed E-state index contributed by atoms with van der Waals surface area (Å²) in [6.45, 7) is -1.08. The average Bonchev–Trinajstić information content (AvgIpc) is 2.51. The van der Waals surface area contributed by atoms with Crippen molar-refractivity contribution in [3.63, 3.8) is 0 Å². The van der Waals surface area contributed by atoms with E-state index in [1.54, 1.807) is 36.4 Å². The molecule has 1 aromatic heterocycles. The fourth-order valence-electron chi connectivity index (χ4n) is 2.09. The molecule has 0 spiro atoms. The van der Waals surface area contributed by atoms with Crippen molar-refractivity contribution in [3.05, 3.63) is 64.8 Å². The Morgan fingerprint density at radius 1 is 1.00 bits per heavy atom. The Morgan fingerprint density at radius 2 is 1.70 bits per heavy atom. The Morgan fingerprint density at radius 3 is 2.45 bits per heavy atom. The Balaban J connectivity index is 2.35. The van der Waals surface area contributed by atoms with Crippen LogP contribution >= 0.6 is 0 Å². The number of ether oxygens (including phenoxy) is 1. The lowest BCUT2D eigenvalue weighted by molar-refractivity contribution is 0.188. The Bertz CT molecular complexity index is 794. The zero-order valence-electron chi connectivity index (χ0n) is 10.5. The van der Waals surface area contributed by atoms with E-state index in [0.29, 0.717) is 16.5 Å². The highest BCUT2D eigenvalue weighted by molar-refractivity contribution is 5.81. The van der Waals surface area contributed by atoms with Crippen LogP contribution in [-0.2, 0) is 0 Å². The molecule has 0 radical (unpaired) electrons. The van der Waals surface area contributed by atoms with Gasteiger partial charge in [0.2, 0.25) is 18.0 Å². The summed E-state index contributed by atoms with van der Waals surface area (Å²) >= 11 is 0. The zero-order chi connectivity index (χ0) is 13.9. The minimum Gasteiger partial charge on any atom is -0.455 e. The van der Waals surface area contributed by atoms with Gasteiger partial charge in [0.05, 0.1) is 5.39 Å². The quantitative estimate of drug-likeness (QED) is 0.727. The van der Waals surface area contributed by atoms with Gasteiger partial charge in [0.1, 0.15) is 5.58 Å². The summed E-state index contributed by atoms with van der Waals surface area (Å²) in [5, 5.41) is 0.371. The maximum absolute atomic E-state index is 12.6. The van der Waals surface area contributed by atoms with Gasteiger partial charge in [-0.05, 0) is 12.1 Å². The van der Waals surface area contributed by atoms with E-state index in [4.69, 9.17) is 9.15 Å². The summed E-state index contributed by atoms with van der Waals surface area (Å²) in [6, 6.07) is 15.8. The number of alkyl halides is 1. The van der Waals surface area contributed by atoms with Gasteiger partial charge in [-0.15, -0.1) is 0 Å². The van der Waals surface area contributed by atoms with Crippen molar-refractivity contribution in [2.24, 2.45) is 0 Å². The maximum Gasteiger partial charge on any atom is 0.235 e. The lowest BCUT2D eigenvalue weighted by Gasteiger charge is -2.09. The molecular formula is C16H11FO3. The van der Waals surface area contributed by atoms with E-state index in [1.807, 2.05) is 18.2 Å². The van der Waals surface area contributed by atoms with Gasteiger partial charge < -0.3 is 9.15 Å². The first kappa shape index (κ1) is 12.4. The van der Waals surface area contributed by atoms with Crippen LogP contribution in [0.25, 0.3) is 22.3 Å². The molecule has 100 valence electrons. The van der Waals surface area contributed by atoms with Crippen molar-refractivity contribution < 1.29 is 13.5 Å². The number of halogens is 1. The van der Waals surface area contributed by atoms with Crippen molar-refractivity contribution in [2.45, 2.75) is 0 Å². The van der Waals surface area contributed by atoms with Crippen LogP contribution in [0.1, 0.15) is 0 Å². The van der Waals surface area contributed by atoms with Gasteiger partial charge in [-0.3, -0.25) is 4.79 Å². The second-order valence-electron chi connectivity index (χ2n) is 4.21. The van der Waals surface area contributed by atoms with Crippen LogP contribution in [0.5, 0.6) is 5.75 Å². The molecule has 0 saturated carbocycles. The van der Waals surface area contributed by atoms with Gasteiger partial charge >= 0.3 is 0 Å². The average molecular weight is 270 g/mol. The molecule has 0 saturated heterocycles. The van der Waals surface area contributed by atoms with Crippen molar-refractivity contribution in [1.82, 2.24) is 0 Å². The van der Waals surface area contributed by atoms with Crippen LogP contribution in [0.2, 0.25) is 0 Å². The summed E-state index contributed by atoms with van der Waals surface area (Å²) in [5.74, 6) is 0.143. The van der Waals surface area contributed by atoms with E-state index in [2.05, 4.69) is 0 Å². The molecule has 1 heterocycles. The molecule has 0 aliphatic rings. The molecule has 3 aromatic rings. The molecule has 2 aromatic carbocycles. The maximum atomic E-state index is 12.6. The molecule has 0 fully saturated rings. The van der Waals surface area contributed by atoms with Gasteiger partial charge in [-0.25, -0.2) is 4.39 Å². The molecule has 0 atom stereocenters. The van der Waals surface area contributed by atoms with Gasteiger partial charge in [-0.2, -0.15) is 0 Å². The van der Waals surface area contributed by atoms with Crippen molar-refractivity contribution in [1.29, 1.82) is 0 Å². The van der Waals surface area contributed by atoms with Gasteiger partial charge in [0.25, 0.3) is 0 Å². The molecule has 20 heavy (non-hydrogen) atoms. The monoisotopic (exact) mass is 270 g/mol. The fourth-order valence-corrected chi connectivity index (χ4v) is 2.09. The van der Waals surface area contributed by atoms with Crippen LogP contribution < -0.4 is 10.2 Å². The zero-order valence-corrected chi connectivity index (χ0v) is 10.5. The largest absolute Gasteiger partial charge is 0.455 e.